The zero-order valence-electron chi connectivity index (χ0n) is 17.7. The van der Waals surface area contributed by atoms with Crippen LogP contribution in [0.25, 0.3) is 12.2 Å². The molecule has 0 spiro atoms. The van der Waals surface area contributed by atoms with Crippen molar-refractivity contribution in [2.75, 3.05) is 13.7 Å². The molecule has 0 aliphatic heterocycles. The Morgan fingerprint density at radius 2 is 1.68 bits per heavy atom. The third kappa shape index (κ3) is 6.30. The summed E-state index contributed by atoms with van der Waals surface area (Å²) in [5.41, 5.74) is -0.00786. The molecule has 0 bridgehead atoms. The van der Waals surface area contributed by atoms with Gasteiger partial charge in [-0.05, 0) is 54.1 Å². The molecule has 3 rings (SSSR count). The lowest BCUT2D eigenvalue weighted by atomic mass is 10.1. The normalized spacial score (nSPS) is 10.6. The number of methoxy groups -OCH3 is 1. The number of rotatable bonds is 9. The van der Waals surface area contributed by atoms with E-state index in [9.17, 15) is 25.0 Å². The molecule has 0 fully saturated rings. The highest BCUT2D eigenvalue weighted by Gasteiger charge is 2.18. The molecule has 0 aromatic heterocycles. The van der Waals surface area contributed by atoms with E-state index >= 15 is 0 Å². The summed E-state index contributed by atoms with van der Waals surface area (Å²) < 4.78 is 15.9. The van der Waals surface area contributed by atoms with Gasteiger partial charge in [-0.15, -0.1) is 0 Å². The van der Waals surface area contributed by atoms with Crippen LogP contribution in [-0.4, -0.2) is 29.5 Å². The second-order valence-corrected chi connectivity index (χ2v) is 7.15. The first-order valence-electron chi connectivity index (χ1n) is 9.65. The maximum absolute atomic E-state index is 12.1. The van der Waals surface area contributed by atoms with Crippen molar-refractivity contribution < 1.29 is 28.9 Å². The van der Waals surface area contributed by atoms with Gasteiger partial charge in [0, 0.05) is 11.1 Å². The number of carbonyl (C=O) groups is 1. The van der Waals surface area contributed by atoms with Gasteiger partial charge in [0.2, 0.25) is 0 Å². The van der Waals surface area contributed by atoms with Gasteiger partial charge in [-0.3, -0.25) is 20.2 Å². The molecule has 0 heterocycles. The van der Waals surface area contributed by atoms with E-state index in [1.54, 1.807) is 42.5 Å². The Bertz CT molecular complexity index is 1260. The summed E-state index contributed by atoms with van der Waals surface area (Å²) in [4.78, 5) is 32.9. The number of hydrogen-bond donors (Lipinski definition) is 0. The van der Waals surface area contributed by atoms with Gasteiger partial charge in [0.1, 0.15) is 5.75 Å². The zero-order chi connectivity index (χ0) is 24.7. The van der Waals surface area contributed by atoms with Crippen molar-refractivity contribution in [1.82, 2.24) is 0 Å². The van der Waals surface area contributed by atoms with Gasteiger partial charge in [-0.25, -0.2) is 4.79 Å². The Morgan fingerprint density at radius 1 is 0.941 bits per heavy atom. The highest BCUT2D eigenvalue weighted by Crippen LogP contribution is 2.30. The molecular weight excluding hydrogens is 468 g/mol. The Balaban J connectivity index is 1.71. The van der Waals surface area contributed by atoms with Crippen molar-refractivity contribution in [3.05, 3.63) is 97.0 Å². The zero-order valence-corrected chi connectivity index (χ0v) is 18.4. The molecular formula is C23H17ClN2O8. The number of nitro groups is 2. The average Bonchev–Trinajstić information content (AvgIpc) is 2.82. The molecule has 0 saturated carbocycles. The predicted molar refractivity (Wildman–Crippen MR) is 124 cm³/mol. The Hall–Kier alpha value is -4.44. The number of nitro benzene ring substituents is 2. The predicted octanol–water partition coefficient (Wildman–Crippen LogP) is 5.32. The molecule has 0 amide bonds. The van der Waals surface area contributed by atoms with Crippen molar-refractivity contribution >= 4 is 41.1 Å². The number of hydrogen-bond acceptors (Lipinski definition) is 8. The molecule has 3 aromatic carbocycles. The van der Waals surface area contributed by atoms with Gasteiger partial charge in [0.05, 0.1) is 28.6 Å². The first-order valence-corrected chi connectivity index (χ1v) is 10.0. The van der Waals surface area contributed by atoms with Crippen molar-refractivity contribution in [1.29, 1.82) is 0 Å². The lowest BCUT2D eigenvalue weighted by Gasteiger charge is -2.11. The van der Waals surface area contributed by atoms with Crippen LogP contribution in [0.3, 0.4) is 0 Å². The second kappa shape index (κ2) is 10.9. The fourth-order valence-corrected chi connectivity index (χ4v) is 2.95. The number of carbonyl (C=O) groups excluding carboxylic acids is 1. The molecule has 34 heavy (non-hydrogen) atoms. The summed E-state index contributed by atoms with van der Waals surface area (Å²) in [6.45, 7) is -0.337. The lowest BCUT2D eigenvalue weighted by Crippen LogP contribution is -2.18. The molecule has 174 valence electrons. The highest BCUT2D eigenvalue weighted by atomic mass is 35.5. The van der Waals surface area contributed by atoms with Crippen molar-refractivity contribution in [2.45, 2.75) is 0 Å². The summed E-state index contributed by atoms with van der Waals surface area (Å²) in [6.07, 6.45) is 3.01. The van der Waals surface area contributed by atoms with Crippen LogP contribution in [0.4, 0.5) is 11.4 Å². The summed E-state index contributed by atoms with van der Waals surface area (Å²) in [6, 6.07) is 14.5. The van der Waals surface area contributed by atoms with E-state index in [0.29, 0.717) is 16.3 Å². The number of benzene rings is 3. The van der Waals surface area contributed by atoms with E-state index < -0.39 is 21.5 Å². The molecule has 0 aliphatic carbocycles. The number of nitrogens with zero attached hydrogens (tertiary/aromatic N) is 2. The van der Waals surface area contributed by atoms with E-state index in [4.69, 9.17) is 25.8 Å². The Kier molecular flexibility index (Phi) is 7.78. The minimum atomic E-state index is -0.703. The van der Waals surface area contributed by atoms with Crippen LogP contribution in [0, 0.1) is 20.2 Å². The quantitative estimate of drug-likeness (QED) is 0.131. The number of non-ortho nitro benzene ring substituents is 1. The van der Waals surface area contributed by atoms with Crippen LogP contribution in [-0.2, 0) is 4.79 Å². The first kappa shape index (κ1) is 24.2. The fraction of sp³-hybridized carbons (Fsp3) is 0.0870. The van der Waals surface area contributed by atoms with Crippen molar-refractivity contribution in [3.63, 3.8) is 0 Å². The van der Waals surface area contributed by atoms with E-state index in [0.717, 1.165) is 6.07 Å². The molecule has 0 aliphatic rings. The van der Waals surface area contributed by atoms with Gasteiger partial charge < -0.3 is 14.2 Å². The molecule has 0 N–H and O–H groups in total. The molecule has 0 atom stereocenters. The van der Waals surface area contributed by atoms with Gasteiger partial charge in [-0.1, -0.05) is 23.7 Å². The highest BCUT2D eigenvalue weighted by molar-refractivity contribution is 6.30. The smallest absolute Gasteiger partial charge is 0.349 e. The van der Waals surface area contributed by atoms with Crippen molar-refractivity contribution in [2.24, 2.45) is 0 Å². The third-order valence-electron chi connectivity index (χ3n) is 4.46. The number of halogens is 1. The SMILES string of the molecule is COc1cc(/C=C/c2ccc([N+](=O)[O-])cc2[N+](=O)[O-])ccc1OC(=O)COc1ccc(Cl)cc1. The summed E-state index contributed by atoms with van der Waals surface area (Å²) in [5, 5.41) is 22.7. The summed E-state index contributed by atoms with van der Waals surface area (Å²) >= 11 is 5.80. The third-order valence-corrected chi connectivity index (χ3v) is 4.71. The monoisotopic (exact) mass is 484 g/mol. The van der Waals surface area contributed by atoms with E-state index in [1.165, 1.54) is 31.4 Å². The number of ether oxygens (including phenoxy) is 3. The van der Waals surface area contributed by atoms with Crippen LogP contribution in [0.2, 0.25) is 5.02 Å². The molecule has 11 heteroatoms. The van der Waals surface area contributed by atoms with E-state index in [1.807, 2.05) is 0 Å². The first-order chi connectivity index (χ1) is 16.3. The maximum atomic E-state index is 12.1. The summed E-state index contributed by atoms with van der Waals surface area (Å²) in [5.74, 6) is 0.207. The molecule has 0 radical (unpaired) electrons. The van der Waals surface area contributed by atoms with Crippen LogP contribution in [0.15, 0.2) is 60.7 Å². The average molecular weight is 485 g/mol. The Morgan fingerprint density at radius 3 is 2.32 bits per heavy atom. The van der Waals surface area contributed by atoms with Crippen LogP contribution >= 0.6 is 11.6 Å². The van der Waals surface area contributed by atoms with Crippen LogP contribution in [0.1, 0.15) is 11.1 Å². The van der Waals surface area contributed by atoms with Gasteiger partial charge >= 0.3 is 5.97 Å². The second-order valence-electron chi connectivity index (χ2n) is 6.72. The minimum Gasteiger partial charge on any atom is -0.493 e. The summed E-state index contributed by atoms with van der Waals surface area (Å²) in [7, 11) is 1.39. The standard InChI is InChI=1S/C23H17ClN2O8/c1-32-22-12-15(2-4-16-5-8-18(25(28)29)13-20(16)26(30)31)3-11-21(22)34-23(27)14-33-19-9-6-17(24)7-10-19/h2-13H,14H2,1H3/b4-2+. The minimum absolute atomic E-state index is 0.158. The topological polar surface area (TPSA) is 131 Å². The number of esters is 1. The fourth-order valence-electron chi connectivity index (χ4n) is 2.83. The Labute approximate surface area is 198 Å². The van der Waals surface area contributed by atoms with Gasteiger partial charge in [-0.2, -0.15) is 0 Å². The van der Waals surface area contributed by atoms with Gasteiger partial charge in [0.25, 0.3) is 11.4 Å². The molecule has 3 aromatic rings. The van der Waals surface area contributed by atoms with E-state index in [-0.39, 0.29) is 29.4 Å². The molecule has 0 unspecified atom stereocenters. The van der Waals surface area contributed by atoms with Gasteiger partial charge in [0.15, 0.2) is 18.1 Å². The lowest BCUT2D eigenvalue weighted by molar-refractivity contribution is -0.394. The van der Waals surface area contributed by atoms with Crippen molar-refractivity contribution in [3.8, 4) is 17.2 Å². The van der Waals surface area contributed by atoms with E-state index in [2.05, 4.69) is 0 Å². The van der Waals surface area contributed by atoms with Crippen LogP contribution < -0.4 is 14.2 Å². The molecule has 10 nitrogen and oxygen atoms in total. The maximum Gasteiger partial charge on any atom is 0.349 e. The largest absolute Gasteiger partial charge is 0.493 e. The van der Waals surface area contributed by atoms with Crippen LogP contribution in [0.5, 0.6) is 17.2 Å². The molecule has 0 saturated heterocycles.